The Labute approximate surface area is 86.3 Å². The van der Waals surface area contributed by atoms with E-state index in [-0.39, 0.29) is 5.41 Å². The number of rotatable bonds is 3. The third kappa shape index (κ3) is 1.69. The number of hydrogen-bond donors (Lipinski definition) is 2. The second-order valence-electron chi connectivity index (χ2n) is 4.99. The molecule has 0 radical (unpaired) electrons. The lowest BCUT2D eigenvalue weighted by Gasteiger charge is -2.36. The van der Waals surface area contributed by atoms with Gasteiger partial charge in [0.15, 0.2) is 0 Å². The van der Waals surface area contributed by atoms with Gasteiger partial charge in [0, 0.05) is 31.6 Å². The molecule has 2 aliphatic rings. The smallest absolute Gasteiger partial charge is 0.0502 e. The van der Waals surface area contributed by atoms with E-state index in [0.29, 0.717) is 6.61 Å². The Morgan fingerprint density at radius 2 is 2.29 bits per heavy atom. The number of hydrogen-bond acceptors (Lipinski definition) is 3. The number of nitrogens with two attached hydrogens (primary N) is 1. The molecule has 2 unspecified atom stereocenters. The van der Waals surface area contributed by atoms with Gasteiger partial charge in [-0.1, -0.05) is 12.8 Å². The van der Waals surface area contributed by atoms with Crippen molar-refractivity contribution in [2.75, 3.05) is 32.8 Å². The highest BCUT2D eigenvalue weighted by Gasteiger charge is 2.46. The molecule has 2 fully saturated rings. The van der Waals surface area contributed by atoms with Crippen molar-refractivity contribution >= 4 is 0 Å². The average molecular weight is 198 g/mol. The standard InChI is InChI=1S/C11H22N2O/c12-5-6-13-7-10-3-1-2-4-11(10,8-13)9-14/h10,14H,1-9,12H2. The molecule has 1 heterocycles. The minimum atomic E-state index is 0.230. The van der Waals surface area contributed by atoms with Crippen LogP contribution in [0.3, 0.4) is 0 Å². The molecule has 1 saturated heterocycles. The first-order chi connectivity index (χ1) is 6.80. The van der Waals surface area contributed by atoms with Crippen molar-refractivity contribution in [2.24, 2.45) is 17.1 Å². The first-order valence-electron chi connectivity index (χ1n) is 5.84. The van der Waals surface area contributed by atoms with E-state index in [2.05, 4.69) is 4.90 Å². The normalized spacial score (nSPS) is 38.6. The first-order valence-corrected chi connectivity index (χ1v) is 5.84. The Morgan fingerprint density at radius 1 is 1.43 bits per heavy atom. The Morgan fingerprint density at radius 3 is 2.93 bits per heavy atom. The summed E-state index contributed by atoms with van der Waals surface area (Å²) in [5.74, 6) is 0.729. The van der Waals surface area contributed by atoms with E-state index in [1.54, 1.807) is 0 Å². The number of nitrogens with zero attached hydrogens (tertiary/aromatic N) is 1. The summed E-state index contributed by atoms with van der Waals surface area (Å²) in [6.45, 7) is 4.36. The molecule has 3 N–H and O–H groups in total. The van der Waals surface area contributed by atoms with Gasteiger partial charge in [0.05, 0.1) is 6.61 Å². The van der Waals surface area contributed by atoms with Gasteiger partial charge in [-0.3, -0.25) is 0 Å². The molecule has 2 atom stereocenters. The summed E-state index contributed by atoms with van der Waals surface area (Å²) in [6.07, 6.45) is 5.17. The predicted molar refractivity (Wildman–Crippen MR) is 57.0 cm³/mol. The van der Waals surface area contributed by atoms with Crippen molar-refractivity contribution in [3.8, 4) is 0 Å². The van der Waals surface area contributed by atoms with Gasteiger partial charge in [0.2, 0.25) is 0 Å². The van der Waals surface area contributed by atoms with Crippen LogP contribution in [0.25, 0.3) is 0 Å². The van der Waals surface area contributed by atoms with Crippen LogP contribution >= 0.6 is 0 Å². The van der Waals surface area contributed by atoms with Crippen LogP contribution in [-0.4, -0.2) is 42.8 Å². The fraction of sp³-hybridized carbons (Fsp3) is 1.00. The predicted octanol–water partition coefficient (Wildman–Crippen LogP) is 0.430. The molecular weight excluding hydrogens is 176 g/mol. The maximum Gasteiger partial charge on any atom is 0.0502 e. The lowest BCUT2D eigenvalue weighted by molar-refractivity contribution is 0.0584. The van der Waals surface area contributed by atoms with Gasteiger partial charge in [-0.2, -0.15) is 0 Å². The molecule has 0 spiro atoms. The summed E-state index contributed by atoms with van der Waals surface area (Å²) in [6, 6.07) is 0. The molecule has 0 aromatic rings. The lowest BCUT2D eigenvalue weighted by atomic mass is 9.69. The molecule has 3 heteroatoms. The van der Waals surface area contributed by atoms with Crippen LogP contribution in [0.15, 0.2) is 0 Å². The Bertz CT molecular complexity index is 198. The second kappa shape index (κ2) is 4.17. The third-order valence-corrected chi connectivity index (χ3v) is 4.12. The highest BCUT2D eigenvalue weighted by atomic mass is 16.3. The zero-order valence-electron chi connectivity index (χ0n) is 8.91. The second-order valence-corrected chi connectivity index (χ2v) is 4.99. The highest BCUT2D eigenvalue weighted by molar-refractivity contribution is 4.98. The van der Waals surface area contributed by atoms with Crippen molar-refractivity contribution in [2.45, 2.75) is 25.7 Å². The van der Waals surface area contributed by atoms with E-state index in [1.807, 2.05) is 0 Å². The molecule has 0 aromatic carbocycles. The average Bonchev–Trinajstić information content (AvgIpc) is 2.57. The van der Waals surface area contributed by atoms with Gasteiger partial charge in [0.1, 0.15) is 0 Å². The van der Waals surface area contributed by atoms with Crippen LogP contribution in [0.4, 0.5) is 0 Å². The summed E-state index contributed by atoms with van der Waals surface area (Å²) in [7, 11) is 0. The molecule has 1 saturated carbocycles. The SMILES string of the molecule is NCCN1CC2CCCCC2(CO)C1. The van der Waals surface area contributed by atoms with E-state index in [4.69, 9.17) is 5.73 Å². The molecule has 82 valence electrons. The van der Waals surface area contributed by atoms with Crippen molar-refractivity contribution in [3.05, 3.63) is 0 Å². The first kappa shape index (κ1) is 10.4. The van der Waals surface area contributed by atoms with Gasteiger partial charge < -0.3 is 15.7 Å². The van der Waals surface area contributed by atoms with E-state index in [0.717, 1.165) is 32.1 Å². The van der Waals surface area contributed by atoms with Crippen LogP contribution in [0, 0.1) is 11.3 Å². The fourth-order valence-electron chi connectivity index (χ4n) is 3.30. The van der Waals surface area contributed by atoms with E-state index in [1.165, 1.54) is 25.7 Å². The molecule has 0 aromatic heterocycles. The van der Waals surface area contributed by atoms with Gasteiger partial charge in [-0.25, -0.2) is 0 Å². The van der Waals surface area contributed by atoms with Gasteiger partial charge >= 0.3 is 0 Å². The Balaban J connectivity index is 2.03. The van der Waals surface area contributed by atoms with Crippen LogP contribution in [0.5, 0.6) is 0 Å². The molecule has 1 aliphatic carbocycles. The largest absolute Gasteiger partial charge is 0.396 e. The van der Waals surface area contributed by atoms with Gasteiger partial charge in [-0.05, 0) is 18.8 Å². The third-order valence-electron chi connectivity index (χ3n) is 4.12. The lowest BCUT2D eigenvalue weighted by Crippen LogP contribution is -2.37. The maximum absolute atomic E-state index is 9.58. The monoisotopic (exact) mass is 198 g/mol. The number of aliphatic hydroxyl groups excluding tert-OH is 1. The molecular formula is C11H22N2O. The van der Waals surface area contributed by atoms with Crippen LogP contribution < -0.4 is 5.73 Å². The summed E-state index contributed by atoms with van der Waals surface area (Å²) in [4.78, 5) is 2.44. The van der Waals surface area contributed by atoms with Crippen LogP contribution in [0.2, 0.25) is 0 Å². The summed E-state index contributed by atoms with van der Waals surface area (Å²) < 4.78 is 0. The quantitative estimate of drug-likeness (QED) is 0.691. The van der Waals surface area contributed by atoms with Crippen molar-refractivity contribution < 1.29 is 5.11 Å². The highest BCUT2D eigenvalue weighted by Crippen LogP contribution is 2.46. The van der Waals surface area contributed by atoms with Gasteiger partial charge in [0.25, 0.3) is 0 Å². The molecule has 0 amide bonds. The maximum atomic E-state index is 9.58. The summed E-state index contributed by atoms with van der Waals surface area (Å²) in [5.41, 5.74) is 5.81. The van der Waals surface area contributed by atoms with E-state index in [9.17, 15) is 5.11 Å². The zero-order valence-corrected chi connectivity index (χ0v) is 8.91. The molecule has 1 aliphatic heterocycles. The number of aliphatic hydroxyl groups is 1. The molecule has 0 bridgehead atoms. The van der Waals surface area contributed by atoms with Crippen molar-refractivity contribution in [1.82, 2.24) is 4.90 Å². The molecule has 2 rings (SSSR count). The Kier molecular flexibility index (Phi) is 3.10. The van der Waals surface area contributed by atoms with E-state index >= 15 is 0 Å². The fourth-order valence-corrected chi connectivity index (χ4v) is 3.30. The van der Waals surface area contributed by atoms with E-state index < -0.39 is 0 Å². The summed E-state index contributed by atoms with van der Waals surface area (Å²) in [5, 5.41) is 9.58. The van der Waals surface area contributed by atoms with Crippen LogP contribution in [-0.2, 0) is 0 Å². The number of likely N-dealkylation sites (tertiary alicyclic amines) is 1. The topological polar surface area (TPSA) is 49.5 Å². The molecule has 3 nitrogen and oxygen atoms in total. The van der Waals surface area contributed by atoms with Crippen LogP contribution in [0.1, 0.15) is 25.7 Å². The van der Waals surface area contributed by atoms with Gasteiger partial charge in [-0.15, -0.1) is 0 Å². The number of fused-ring (bicyclic) bond motifs is 1. The van der Waals surface area contributed by atoms with Crippen molar-refractivity contribution in [3.63, 3.8) is 0 Å². The molecule has 14 heavy (non-hydrogen) atoms. The minimum absolute atomic E-state index is 0.230. The summed E-state index contributed by atoms with van der Waals surface area (Å²) >= 11 is 0. The zero-order chi connectivity index (χ0) is 10.0. The minimum Gasteiger partial charge on any atom is -0.396 e. The Hall–Kier alpha value is -0.120. The van der Waals surface area contributed by atoms with Crippen molar-refractivity contribution in [1.29, 1.82) is 0 Å².